The number of carbonyl (C=O) groups excluding carboxylic acids is 1. The van der Waals surface area contributed by atoms with E-state index < -0.39 is 0 Å². The normalized spacial score (nSPS) is 16.6. The van der Waals surface area contributed by atoms with E-state index in [2.05, 4.69) is 15.0 Å². The van der Waals surface area contributed by atoms with Crippen molar-refractivity contribution in [2.45, 2.75) is 13.5 Å². The van der Waals surface area contributed by atoms with Gasteiger partial charge in [-0.3, -0.25) is 9.69 Å². The molecule has 2 aromatic rings. The third-order valence-corrected chi connectivity index (χ3v) is 4.18. The van der Waals surface area contributed by atoms with Crippen molar-refractivity contribution in [3.8, 4) is 0 Å². The molecule has 0 aromatic carbocycles. The summed E-state index contributed by atoms with van der Waals surface area (Å²) in [4.78, 5) is 21.3. The van der Waals surface area contributed by atoms with E-state index in [1.807, 2.05) is 29.3 Å². The van der Waals surface area contributed by atoms with E-state index in [4.69, 9.17) is 4.52 Å². The molecule has 6 nitrogen and oxygen atoms in total. The molecule has 1 aliphatic heterocycles. The fraction of sp³-hybridized carbons (Fsp3) is 0.462. The molecule has 0 N–H and O–H groups in total. The minimum Gasteiger partial charge on any atom is -0.338 e. The number of nitrogens with zero attached hydrogens (tertiary/aromatic N) is 4. The van der Waals surface area contributed by atoms with E-state index in [9.17, 15) is 4.79 Å². The van der Waals surface area contributed by atoms with Crippen molar-refractivity contribution in [2.24, 2.45) is 0 Å². The molecule has 106 valence electrons. The SMILES string of the molecule is Cc1noc(CN2CCN(C(=O)c3cccs3)CC2)n1. The van der Waals surface area contributed by atoms with E-state index in [-0.39, 0.29) is 5.91 Å². The molecule has 0 spiro atoms. The Balaban J connectivity index is 1.53. The molecule has 7 heteroatoms. The second-order valence-electron chi connectivity index (χ2n) is 4.78. The average Bonchev–Trinajstić information content (AvgIpc) is 3.11. The fourth-order valence-electron chi connectivity index (χ4n) is 2.26. The molecular weight excluding hydrogens is 276 g/mol. The standard InChI is InChI=1S/C13H16N4O2S/c1-10-14-12(19-15-10)9-16-4-6-17(7-5-16)13(18)11-3-2-8-20-11/h2-3,8H,4-7,9H2,1H3. The van der Waals surface area contributed by atoms with Crippen LogP contribution in [0.3, 0.4) is 0 Å². The van der Waals surface area contributed by atoms with Gasteiger partial charge in [0.1, 0.15) is 0 Å². The molecule has 1 aliphatic rings. The molecule has 0 unspecified atom stereocenters. The van der Waals surface area contributed by atoms with E-state index in [1.165, 1.54) is 11.3 Å². The fourth-order valence-corrected chi connectivity index (χ4v) is 2.95. The highest BCUT2D eigenvalue weighted by molar-refractivity contribution is 7.12. The Morgan fingerprint density at radius 1 is 1.40 bits per heavy atom. The van der Waals surface area contributed by atoms with Crippen LogP contribution in [0.5, 0.6) is 0 Å². The van der Waals surface area contributed by atoms with Crippen LogP contribution in [0.25, 0.3) is 0 Å². The number of thiophene rings is 1. The van der Waals surface area contributed by atoms with Crippen molar-refractivity contribution in [1.82, 2.24) is 19.9 Å². The first-order valence-corrected chi connectivity index (χ1v) is 7.44. The van der Waals surface area contributed by atoms with Gasteiger partial charge in [0.2, 0.25) is 5.89 Å². The van der Waals surface area contributed by atoms with Crippen molar-refractivity contribution < 1.29 is 9.32 Å². The number of hydrogen-bond donors (Lipinski definition) is 0. The highest BCUT2D eigenvalue weighted by Crippen LogP contribution is 2.14. The third kappa shape index (κ3) is 2.88. The number of aromatic nitrogens is 2. The van der Waals surface area contributed by atoms with Gasteiger partial charge in [-0.2, -0.15) is 4.98 Å². The van der Waals surface area contributed by atoms with Gasteiger partial charge < -0.3 is 9.42 Å². The number of piperazine rings is 1. The zero-order valence-electron chi connectivity index (χ0n) is 11.3. The van der Waals surface area contributed by atoms with Crippen LogP contribution in [-0.4, -0.2) is 52.0 Å². The Labute approximate surface area is 121 Å². The van der Waals surface area contributed by atoms with Crippen molar-refractivity contribution in [3.05, 3.63) is 34.1 Å². The van der Waals surface area contributed by atoms with E-state index in [0.29, 0.717) is 18.3 Å². The number of rotatable bonds is 3. The lowest BCUT2D eigenvalue weighted by Crippen LogP contribution is -2.48. The predicted molar refractivity (Wildman–Crippen MR) is 74.5 cm³/mol. The maximum Gasteiger partial charge on any atom is 0.264 e. The number of carbonyl (C=O) groups is 1. The molecule has 0 atom stereocenters. The molecule has 1 amide bonds. The van der Waals surface area contributed by atoms with E-state index >= 15 is 0 Å². The maximum atomic E-state index is 12.2. The van der Waals surface area contributed by atoms with Crippen LogP contribution in [0.1, 0.15) is 21.4 Å². The summed E-state index contributed by atoms with van der Waals surface area (Å²) in [6.45, 7) is 5.61. The third-order valence-electron chi connectivity index (χ3n) is 3.32. The van der Waals surface area contributed by atoms with Gasteiger partial charge in [0.15, 0.2) is 5.82 Å². The van der Waals surface area contributed by atoms with Crippen LogP contribution in [0.2, 0.25) is 0 Å². The first-order chi connectivity index (χ1) is 9.72. The van der Waals surface area contributed by atoms with Crippen LogP contribution in [-0.2, 0) is 6.54 Å². The van der Waals surface area contributed by atoms with Gasteiger partial charge in [-0.1, -0.05) is 11.2 Å². The topological polar surface area (TPSA) is 62.5 Å². The highest BCUT2D eigenvalue weighted by Gasteiger charge is 2.23. The van der Waals surface area contributed by atoms with Gasteiger partial charge in [0.05, 0.1) is 11.4 Å². The number of aryl methyl sites for hydroxylation is 1. The lowest BCUT2D eigenvalue weighted by molar-refractivity contribution is 0.0620. The molecular formula is C13H16N4O2S. The van der Waals surface area contributed by atoms with Crippen molar-refractivity contribution in [3.63, 3.8) is 0 Å². The summed E-state index contributed by atoms with van der Waals surface area (Å²) >= 11 is 1.49. The molecule has 1 saturated heterocycles. The lowest BCUT2D eigenvalue weighted by atomic mass is 10.3. The van der Waals surface area contributed by atoms with E-state index in [1.54, 1.807) is 0 Å². The molecule has 0 bridgehead atoms. The van der Waals surface area contributed by atoms with Crippen LogP contribution in [0, 0.1) is 6.92 Å². The second-order valence-corrected chi connectivity index (χ2v) is 5.73. The maximum absolute atomic E-state index is 12.2. The molecule has 2 aromatic heterocycles. The summed E-state index contributed by atoms with van der Waals surface area (Å²) in [5.74, 6) is 1.43. The highest BCUT2D eigenvalue weighted by atomic mass is 32.1. The van der Waals surface area contributed by atoms with Gasteiger partial charge >= 0.3 is 0 Å². The molecule has 0 saturated carbocycles. The molecule has 3 rings (SSSR count). The van der Waals surface area contributed by atoms with Crippen LogP contribution in [0.15, 0.2) is 22.0 Å². The van der Waals surface area contributed by atoms with Crippen molar-refractivity contribution >= 4 is 17.2 Å². The van der Waals surface area contributed by atoms with Gasteiger partial charge in [-0.05, 0) is 18.4 Å². The predicted octanol–water partition coefficient (Wildman–Crippen LogP) is 1.40. The Hall–Kier alpha value is -1.73. The first-order valence-electron chi connectivity index (χ1n) is 6.57. The Morgan fingerprint density at radius 2 is 2.20 bits per heavy atom. The molecule has 0 radical (unpaired) electrons. The number of hydrogen-bond acceptors (Lipinski definition) is 6. The largest absolute Gasteiger partial charge is 0.338 e. The van der Waals surface area contributed by atoms with Gasteiger partial charge in [-0.15, -0.1) is 11.3 Å². The van der Waals surface area contributed by atoms with E-state index in [0.717, 1.165) is 31.1 Å². The van der Waals surface area contributed by atoms with Crippen LogP contribution >= 0.6 is 11.3 Å². The Morgan fingerprint density at radius 3 is 2.80 bits per heavy atom. The van der Waals surface area contributed by atoms with Gasteiger partial charge in [0.25, 0.3) is 5.91 Å². The van der Waals surface area contributed by atoms with Crippen molar-refractivity contribution in [1.29, 1.82) is 0 Å². The summed E-state index contributed by atoms with van der Waals surface area (Å²) in [6.07, 6.45) is 0. The second kappa shape index (κ2) is 5.72. The summed E-state index contributed by atoms with van der Waals surface area (Å²) in [5.41, 5.74) is 0. The number of amides is 1. The van der Waals surface area contributed by atoms with Crippen LogP contribution in [0.4, 0.5) is 0 Å². The summed E-state index contributed by atoms with van der Waals surface area (Å²) in [7, 11) is 0. The summed E-state index contributed by atoms with van der Waals surface area (Å²) in [6, 6.07) is 3.78. The quantitative estimate of drug-likeness (QED) is 0.855. The molecule has 0 aliphatic carbocycles. The Kier molecular flexibility index (Phi) is 3.79. The average molecular weight is 292 g/mol. The zero-order chi connectivity index (χ0) is 13.9. The zero-order valence-corrected chi connectivity index (χ0v) is 12.1. The summed E-state index contributed by atoms with van der Waals surface area (Å²) in [5, 5.41) is 5.72. The summed E-state index contributed by atoms with van der Waals surface area (Å²) < 4.78 is 5.12. The van der Waals surface area contributed by atoms with Crippen LogP contribution < -0.4 is 0 Å². The van der Waals surface area contributed by atoms with Gasteiger partial charge in [-0.25, -0.2) is 0 Å². The molecule has 1 fully saturated rings. The smallest absolute Gasteiger partial charge is 0.264 e. The first kappa shape index (κ1) is 13.3. The minimum absolute atomic E-state index is 0.133. The Bertz CT molecular complexity index is 573. The minimum atomic E-state index is 0.133. The van der Waals surface area contributed by atoms with Crippen molar-refractivity contribution in [2.75, 3.05) is 26.2 Å². The molecule has 3 heterocycles. The lowest BCUT2D eigenvalue weighted by Gasteiger charge is -2.33. The monoisotopic (exact) mass is 292 g/mol. The van der Waals surface area contributed by atoms with Gasteiger partial charge in [0, 0.05) is 26.2 Å². The molecule has 20 heavy (non-hydrogen) atoms.